The zero-order valence-electron chi connectivity index (χ0n) is 11.4. The lowest BCUT2D eigenvalue weighted by Gasteiger charge is -2.16. The SMILES string of the molecule is CCC(CO)NC(=O)Nc1ccc(F)cc1OCC(F)F. The number of anilines is 1. The summed E-state index contributed by atoms with van der Waals surface area (Å²) >= 11 is 0. The van der Waals surface area contributed by atoms with Crippen LogP contribution in [0.1, 0.15) is 13.3 Å². The van der Waals surface area contributed by atoms with Gasteiger partial charge < -0.3 is 20.5 Å². The Hall–Kier alpha value is -1.96. The molecule has 2 amide bonds. The molecule has 118 valence electrons. The Kier molecular flexibility index (Phi) is 6.80. The maximum atomic E-state index is 13.1. The van der Waals surface area contributed by atoms with Gasteiger partial charge in [-0.25, -0.2) is 18.0 Å². The standard InChI is InChI=1S/C13H17F3N2O3/c1-2-9(6-19)17-13(20)18-10-4-3-8(14)5-11(10)21-7-12(15)16/h3-5,9,12,19H,2,6-7H2,1H3,(H2,17,18,20). The van der Waals surface area contributed by atoms with E-state index in [0.717, 1.165) is 12.1 Å². The molecule has 0 spiro atoms. The van der Waals surface area contributed by atoms with Crippen LogP contribution in [0.3, 0.4) is 0 Å². The van der Waals surface area contributed by atoms with Crippen molar-refractivity contribution in [2.75, 3.05) is 18.5 Å². The quantitative estimate of drug-likeness (QED) is 0.724. The van der Waals surface area contributed by atoms with Gasteiger partial charge in [0.1, 0.15) is 18.2 Å². The van der Waals surface area contributed by atoms with Gasteiger partial charge in [-0.2, -0.15) is 0 Å². The number of nitrogens with one attached hydrogen (secondary N) is 2. The highest BCUT2D eigenvalue weighted by molar-refractivity contribution is 5.91. The highest BCUT2D eigenvalue weighted by atomic mass is 19.3. The third kappa shape index (κ3) is 5.90. The molecule has 1 aromatic carbocycles. The van der Waals surface area contributed by atoms with Crippen molar-refractivity contribution >= 4 is 11.7 Å². The number of amides is 2. The molecule has 5 nitrogen and oxygen atoms in total. The van der Waals surface area contributed by atoms with Crippen molar-refractivity contribution in [2.45, 2.75) is 25.8 Å². The van der Waals surface area contributed by atoms with Crippen molar-refractivity contribution in [3.8, 4) is 5.75 Å². The predicted molar refractivity (Wildman–Crippen MR) is 71.2 cm³/mol. The first-order valence-corrected chi connectivity index (χ1v) is 6.35. The molecule has 0 aliphatic rings. The third-order valence-electron chi connectivity index (χ3n) is 2.61. The first-order valence-electron chi connectivity index (χ1n) is 6.35. The minimum absolute atomic E-state index is 0.0577. The Morgan fingerprint density at radius 1 is 1.43 bits per heavy atom. The first kappa shape index (κ1) is 17.1. The lowest BCUT2D eigenvalue weighted by atomic mass is 10.2. The molecule has 0 fully saturated rings. The van der Waals surface area contributed by atoms with Gasteiger partial charge in [0.25, 0.3) is 6.43 Å². The van der Waals surface area contributed by atoms with E-state index in [1.165, 1.54) is 6.07 Å². The molecule has 0 radical (unpaired) electrons. The maximum absolute atomic E-state index is 13.1. The van der Waals surface area contributed by atoms with Gasteiger partial charge in [-0.1, -0.05) is 6.92 Å². The molecule has 0 bridgehead atoms. The number of aliphatic hydroxyl groups is 1. The summed E-state index contributed by atoms with van der Waals surface area (Å²) in [7, 11) is 0. The second-order valence-corrected chi connectivity index (χ2v) is 4.23. The number of urea groups is 1. The van der Waals surface area contributed by atoms with E-state index < -0.39 is 30.9 Å². The van der Waals surface area contributed by atoms with Crippen molar-refractivity contribution < 1.29 is 27.8 Å². The van der Waals surface area contributed by atoms with Crippen molar-refractivity contribution in [2.24, 2.45) is 0 Å². The van der Waals surface area contributed by atoms with Gasteiger partial charge in [0, 0.05) is 6.07 Å². The van der Waals surface area contributed by atoms with Gasteiger partial charge in [0.05, 0.1) is 18.3 Å². The van der Waals surface area contributed by atoms with E-state index in [0.29, 0.717) is 6.42 Å². The highest BCUT2D eigenvalue weighted by Gasteiger charge is 2.13. The minimum Gasteiger partial charge on any atom is -0.485 e. The second kappa shape index (κ2) is 8.35. The number of rotatable bonds is 7. The number of benzene rings is 1. The number of halogens is 3. The van der Waals surface area contributed by atoms with Crippen LogP contribution >= 0.6 is 0 Å². The first-order chi connectivity index (χ1) is 9.96. The Morgan fingerprint density at radius 2 is 2.14 bits per heavy atom. The van der Waals surface area contributed by atoms with E-state index in [-0.39, 0.29) is 18.0 Å². The van der Waals surface area contributed by atoms with Crippen molar-refractivity contribution in [3.05, 3.63) is 24.0 Å². The van der Waals surface area contributed by atoms with Crippen molar-refractivity contribution in [1.82, 2.24) is 5.32 Å². The molecule has 0 aromatic heterocycles. The average molecular weight is 306 g/mol. The Morgan fingerprint density at radius 3 is 2.71 bits per heavy atom. The van der Waals surface area contributed by atoms with Gasteiger partial charge in [-0.15, -0.1) is 0 Å². The van der Waals surface area contributed by atoms with Gasteiger partial charge in [-0.05, 0) is 18.6 Å². The topological polar surface area (TPSA) is 70.6 Å². The zero-order valence-corrected chi connectivity index (χ0v) is 11.4. The smallest absolute Gasteiger partial charge is 0.319 e. The third-order valence-corrected chi connectivity index (χ3v) is 2.61. The second-order valence-electron chi connectivity index (χ2n) is 4.23. The van der Waals surface area contributed by atoms with Gasteiger partial charge in [0.2, 0.25) is 0 Å². The molecule has 0 aliphatic heterocycles. The van der Waals surface area contributed by atoms with Crippen molar-refractivity contribution in [1.29, 1.82) is 0 Å². The Balaban J connectivity index is 2.74. The molecule has 8 heteroatoms. The summed E-state index contributed by atoms with van der Waals surface area (Å²) in [5.74, 6) is -0.866. The number of hydrogen-bond acceptors (Lipinski definition) is 3. The molecule has 1 rings (SSSR count). The number of carbonyl (C=O) groups is 1. The minimum atomic E-state index is -2.71. The van der Waals surface area contributed by atoms with Crippen molar-refractivity contribution in [3.63, 3.8) is 0 Å². The lowest BCUT2D eigenvalue weighted by Crippen LogP contribution is -2.39. The summed E-state index contributed by atoms with van der Waals surface area (Å²) in [6, 6.07) is 2.09. The number of carbonyl (C=O) groups excluding carboxylic acids is 1. The summed E-state index contributed by atoms with van der Waals surface area (Å²) in [5.41, 5.74) is 0.0577. The Labute approximate surface area is 120 Å². The summed E-state index contributed by atoms with van der Waals surface area (Å²) < 4.78 is 42.1. The van der Waals surface area contributed by atoms with Crippen LogP contribution in [0.2, 0.25) is 0 Å². The zero-order chi connectivity index (χ0) is 15.8. The molecular formula is C13H17F3N2O3. The van der Waals surface area contributed by atoms with Crippen LogP contribution in [0.25, 0.3) is 0 Å². The molecule has 0 aliphatic carbocycles. The van der Waals surface area contributed by atoms with E-state index in [2.05, 4.69) is 10.6 Å². The summed E-state index contributed by atoms with van der Waals surface area (Å²) in [6.45, 7) is 0.631. The number of hydrogen-bond donors (Lipinski definition) is 3. The summed E-state index contributed by atoms with van der Waals surface area (Å²) in [6.07, 6.45) is -2.20. The summed E-state index contributed by atoms with van der Waals surface area (Å²) in [4.78, 5) is 11.7. The van der Waals surface area contributed by atoms with E-state index >= 15 is 0 Å². The maximum Gasteiger partial charge on any atom is 0.319 e. The number of aliphatic hydroxyl groups excluding tert-OH is 1. The molecule has 3 N–H and O–H groups in total. The highest BCUT2D eigenvalue weighted by Crippen LogP contribution is 2.25. The summed E-state index contributed by atoms with van der Waals surface area (Å²) in [5, 5.41) is 13.8. The fourth-order valence-corrected chi connectivity index (χ4v) is 1.49. The lowest BCUT2D eigenvalue weighted by molar-refractivity contribution is 0.0821. The van der Waals surface area contributed by atoms with Crippen LogP contribution in [0, 0.1) is 5.82 Å². The normalized spacial score (nSPS) is 12.1. The van der Waals surface area contributed by atoms with E-state index in [9.17, 15) is 18.0 Å². The van der Waals surface area contributed by atoms with Gasteiger partial charge in [-0.3, -0.25) is 0 Å². The predicted octanol–water partition coefficient (Wildman–Crippen LogP) is 2.36. The molecular weight excluding hydrogens is 289 g/mol. The molecule has 1 aromatic rings. The van der Waals surface area contributed by atoms with Crippen LogP contribution in [0.4, 0.5) is 23.7 Å². The molecule has 1 atom stereocenters. The van der Waals surface area contributed by atoms with Crippen LogP contribution in [-0.4, -0.2) is 36.8 Å². The molecule has 1 unspecified atom stereocenters. The molecule has 0 heterocycles. The van der Waals surface area contributed by atoms with Crippen LogP contribution in [0.5, 0.6) is 5.75 Å². The largest absolute Gasteiger partial charge is 0.485 e. The Bertz CT molecular complexity index is 468. The fourth-order valence-electron chi connectivity index (χ4n) is 1.49. The molecule has 21 heavy (non-hydrogen) atoms. The molecule has 0 saturated heterocycles. The fraction of sp³-hybridized carbons (Fsp3) is 0.462. The van der Waals surface area contributed by atoms with Crippen LogP contribution in [-0.2, 0) is 0 Å². The van der Waals surface area contributed by atoms with E-state index in [1.54, 1.807) is 6.92 Å². The van der Waals surface area contributed by atoms with Gasteiger partial charge >= 0.3 is 6.03 Å². The monoisotopic (exact) mass is 306 g/mol. The van der Waals surface area contributed by atoms with Crippen LogP contribution < -0.4 is 15.4 Å². The van der Waals surface area contributed by atoms with E-state index in [4.69, 9.17) is 9.84 Å². The molecule has 0 saturated carbocycles. The van der Waals surface area contributed by atoms with E-state index in [1.807, 2.05) is 0 Å². The number of alkyl halides is 2. The van der Waals surface area contributed by atoms with Crippen LogP contribution in [0.15, 0.2) is 18.2 Å². The number of ether oxygens (including phenoxy) is 1. The average Bonchev–Trinajstić information content (AvgIpc) is 2.44. The van der Waals surface area contributed by atoms with Gasteiger partial charge in [0.15, 0.2) is 0 Å².